The third-order valence-electron chi connectivity index (χ3n) is 3.19. The second kappa shape index (κ2) is 5.66. The Bertz CT molecular complexity index is 339. The van der Waals surface area contributed by atoms with E-state index < -0.39 is 14.8 Å². The van der Waals surface area contributed by atoms with Gasteiger partial charge in [-0.25, -0.2) is 0 Å². The van der Waals surface area contributed by atoms with Crippen LogP contribution < -0.4 is 0 Å². The van der Waals surface area contributed by atoms with Crippen LogP contribution in [-0.2, 0) is 23.4 Å². The van der Waals surface area contributed by atoms with E-state index in [2.05, 4.69) is 13.1 Å². The van der Waals surface area contributed by atoms with E-state index in [1.807, 2.05) is 34.6 Å². The number of ether oxygens (including phenoxy) is 4. The van der Waals surface area contributed by atoms with Crippen molar-refractivity contribution in [2.45, 2.75) is 83.7 Å². The summed E-state index contributed by atoms with van der Waals surface area (Å²) in [5.74, 6) is -0.584. The highest BCUT2D eigenvalue weighted by Crippen LogP contribution is 2.39. The van der Waals surface area contributed by atoms with Crippen LogP contribution >= 0.6 is 0 Å². The number of hydrogen-bond acceptors (Lipinski definition) is 5. The fourth-order valence-corrected chi connectivity index (χ4v) is 3.24. The molecule has 0 aromatic rings. The predicted octanol–water partition coefficient (Wildman–Crippen LogP) is 2.05. The average Bonchev–Trinajstić information content (AvgIpc) is 2.69. The standard InChI is InChI=1S/C14H28O5Si/c1-13(2,3)15-8-9-10-11(18-14(4,5)17-10)12(16-9)19-20(6)7/h9-12,20H,8H2,1-7H3/t9-,10+,11+,12?/m0/s1. The molecule has 118 valence electrons. The maximum atomic E-state index is 5.97. The Morgan fingerprint density at radius 2 is 1.70 bits per heavy atom. The molecule has 0 spiro atoms. The van der Waals surface area contributed by atoms with Crippen molar-refractivity contribution in [2.75, 3.05) is 6.61 Å². The molecule has 2 aliphatic heterocycles. The molecule has 5 nitrogen and oxygen atoms in total. The lowest BCUT2D eigenvalue weighted by Crippen LogP contribution is -2.35. The van der Waals surface area contributed by atoms with Gasteiger partial charge in [0.1, 0.15) is 18.3 Å². The molecule has 0 radical (unpaired) electrons. The minimum atomic E-state index is -1.20. The second-order valence-electron chi connectivity index (χ2n) is 7.22. The summed E-state index contributed by atoms with van der Waals surface area (Å²) < 4.78 is 29.7. The summed E-state index contributed by atoms with van der Waals surface area (Å²) in [6.07, 6.45) is -0.751. The molecule has 0 bridgehead atoms. The Kier molecular flexibility index (Phi) is 4.64. The van der Waals surface area contributed by atoms with Crippen molar-refractivity contribution in [3.05, 3.63) is 0 Å². The van der Waals surface area contributed by atoms with E-state index in [1.165, 1.54) is 0 Å². The van der Waals surface area contributed by atoms with Crippen LogP contribution in [0.4, 0.5) is 0 Å². The maximum absolute atomic E-state index is 5.97. The van der Waals surface area contributed by atoms with Crippen LogP contribution in [0.1, 0.15) is 34.6 Å². The van der Waals surface area contributed by atoms with Gasteiger partial charge >= 0.3 is 0 Å². The lowest BCUT2D eigenvalue weighted by Gasteiger charge is -2.27. The monoisotopic (exact) mass is 304 g/mol. The third kappa shape index (κ3) is 4.02. The number of rotatable bonds is 4. The fourth-order valence-electron chi connectivity index (χ4n) is 2.49. The molecule has 0 amide bonds. The molecule has 0 aromatic carbocycles. The summed E-state index contributed by atoms with van der Waals surface area (Å²) in [6.45, 7) is 14.7. The second-order valence-corrected chi connectivity index (χ2v) is 9.59. The van der Waals surface area contributed by atoms with Crippen molar-refractivity contribution in [1.82, 2.24) is 0 Å². The van der Waals surface area contributed by atoms with Gasteiger partial charge in [0.15, 0.2) is 21.1 Å². The average molecular weight is 304 g/mol. The third-order valence-corrected chi connectivity index (χ3v) is 4.01. The van der Waals surface area contributed by atoms with Crippen LogP contribution in [0.25, 0.3) is 0 Å². The van der Waals surface area contributed by atoms with E-state index >= 15 is 0 Å². The van der Waals surface area contributed by atoms with Gasteiger partial charge in [-0.15, -0.1) is 0 Å². The number of hydrogen-bond donors (Lipinski definition) is 0. The zero-order valence-electron chi connectivity index (χ0n) is 13.6. The number of fused-ring (bicyclic) bond motifs is 1. The summed E-state index contributed by atoms with van der Waals surface area (Å²) in [5, 5.41) is 0. The van der Waals surface area contributed by atoms with Crippen molar-refractivity contribution >= 4 is 9.04 Å². The van der Waals surface area contributed by atoms with Crippen LogP contribution in [0, 0.1) is 0 Å². The van der Waals surface area contributed by atoms with Gasteiger partial charge in [-0.05, 0) is 47.7 Å². The Balaban J connectivity index is 2.03. The lowest BCUT2D eigenvalue weighted by molar-refractivity contribution is -0.222. The Hall–Kier alpha value is 0.0169. The largest absolute Gasteiger partial charge is 0.394 e. The summed E-state index contributed by atoms with van der Waals surface area (Å²) >= 11 is 0. The van der Waals surface area contributed by atoms with Crippen molar-refractivity contribution in [2.24, 2.45) is 0 Å². The SMILES string of the molecule is C[SiH](C)OC1O[C@@H](COC(C)(C)C)[C@H]2OC(C)(C)O[C@@H]12. The van der Waals surface area contributed by atoms with Gasteiger partial charge in [-0.2, -0.15) is 0 Å². The lowest BCUT2D eigenvalue weighted by atomic mass is 10.1. The zero-order chi connectivity index (χ0) is 15.1. The molecule has 0 N–H and O–H groups in total. The molecule has 2 heterocycles. The highest BCUT2D eigenvalue weighted by molar-refractivity contribution is 6.48. The summed E-state index contributed by atoms with van der Waals surface area (Å²) in [4.78, 5) is 0. The molecule has 2 saturated heterocycles. The smallest absolute Gasteiger partial charge is 0.177 e. The maximum Gasteiger partial charge on any atom is 0.177 e. The van der Waals surface area contributed by atoms with Crippen LogP contribution in [0.3, 0.4) is 0 Å². The quantitative estimate of drug-likeness (QED) is 0.744. The van der Waals surface area contributed by atoms with Gasteiger partial charge in [-0.3, -0.25) is 0 Å². The van der Waals surface area contributed by atoms with Gasteiger partial charge in [0.2, 0.25) is 0 Å². The Morgan fingerprint density at radius 1 is 1.10 bits per heavy atom. The van der Waals surface area contributed by atoms with E-state index in [0.29, 0.717) is 6.61 Å². The highest BCUT2D eigenvalue weighted by Gasteiger charge is 2.56. The summed E-state index contributed by atoms with van der Waals surface area (Å²) in [6, 6.07) is 0. The van der Waals surface area contributed by atoms with Crippen molar-refractivity contribution in [3.8, 4) is 0 Å². The predicted molar refractivity (Wildman–Crippen MR) is 78.2 cm³/mol. The molecule has 0 aliphatic carbocycles. The van der Waals surface area contributed by atoms with Crippen LogP contribution in [0.2, 0.25) is 13.1 Å². The van der Waals surface area contributed by atoms with E-state index in [9.17, 15) is 0 Å². The molecule has 2 fully saturated rings. The van der Waals surface area contributed by atoms with Crippen molar-refractivity contribution in [1.29, 1.82) is 0 Å². The van der Waals surface area contributed by atoms with Crippen molar-refractivity contribution in [3.63, 3.8) is 0 Å². The summed E-state index contributed by atoms with van der Waals surface area (Å²) in [7, 11) is -1.20. The zero-order valence-corrected chi connectivity index (χ0v) is 14.8. The van der Waals surface area contributed by atoms with E-state index in [0.717, 1.165) is 0 Å². The molecule has 1 unspecified atom stereocenters. The van der Waals surface area contributed by atoms with E-state index in [-0.39, 0.29) is 30.2 Å². The molecule has 0 saturated carbocycles. The van der Waals surface area contributed by atoms with Gasteiger partial charge < -0.3 is 23.4 Å². The first-order chi connectivity index (χ1) is 9.07. The first-order valence-electron chi connectivity index (χ1n) is 7.38. The molecule has 2 aliphatic rings. The van der Waals surface area contributed by atoms with Gasteiger partial charge in [-0.1, -0.05) is 0 Å². The highest BCUT2D eigenvalue weighted by atomic mass is 28.3. The van der Waals surface area contributed by atoms with Crippen molar-refractivity contribution < 1.29 is 23.4 Å². The van der Waals surface area contributed by atoms with Gasteiger partial charge in [0.05, 0.1) is 12.2 Å². The van der Waals surface area contributed by atoms with Crippen LogP contribution in [-0.4, -0.2) is 51.6 Å². The topological polar surface area (TPSA) is 46.2 Å². The molecule has 0 aromatic heterocycles. The fraction of sp³-hybridized carbons (Fsp3) is 1.00. The van der Waals surface area contributed by atoms with Crippen LogP contribution in [0.5, 0.6) is 0 Å². The molecule has 2 rings (SSSR count). The first kappa shape index (κ1) is 16.4. The minimum Gasteiger partial charge on any atom is -0.394 e. The minimum absolute atomic E-state index is 0.120. The molecular formula is C14H28O5Si. The van der Waals surface area contributed by atoms with Crippen LogP contribution in [0.15, 0.2) is 0 Å². The normalized spacial score (nSPS) is 36.6. The Morgan fingerprint density at radius 3 is 2.25 bits per heavy atom. The summed E-state index contributed by atoms with van der Waals surface area (Å²) in [5.41, 5.74) is -0.195. The first-order valence-corrected chi connectivity index (χ1v) is 10.2. The van der Waals surface area contributed by atoms with E-state index in [4.69, 9.17) is 23.4 Å². The van der Waals surface area contributed by atoms with Gasteiger partial charge in [0.25, 0.3) is 0 Å². The molecule has 20 heavy (non-hydrogen) atoms. The molecule has 6 heteroatoms. The Labute approximate surface area is 123 Å². The van der Waals surface area contributed by atoms with E-state index in [1.54, 1.807) is 0 Å². The molecule has 4 atom stereocenters. The molecular weight excluding hydrogens is 276 g/mol. The van der Waals surface area contributed by atoms with Gasteiger partial charge in [0, 0.05) is 0 Å².